The summed E-state index contributed by atoms with van der Waals surface area (Å²) in [5.74, 6) is 0. The van der Waals surface area contributed by atoms with E-state index in [-0.39, 0.29) is 0 Å². The fourth-order valence-corrected chi connectivity index (χ4v) is 2.94. The highest BCUT2D eigenvalue weighted by molar-refractivity contribution is 7.10. The SMILES string of the molecule is Cc1ccsc1CNCc1coc2ccccc12. The average molecular weight is 257 g/mol. The van der Waals surface area contributed by atoms with Crippen LogP contribution in [0.4, 0.5) is 0 Å². The van der Waals surface area contributed by atoms with Crippen LogP contribution in [0.25, 0.3) is 11.0 Å². The predicted octanol–water partition coefficient (Wildman–Crippen LogP) is 4.09. The molecule has 0 aliphatic heterocycles. The zero-order chi connectivity index (χ0) is 12.4. The van der Waals surface area contributed by atoms with Crippen molar-refractivity contribution in [1.82, 2.24) is 5.32 Å². The Hall–Kier alpha value is -1.58. The summed E-state index contributed by atoms with van der Waals surface area (Å²) in [5, 5.41) is 6.81. The molecule has 0 atom stereocenters. The molecule has 18 heavy (non-hydrogen) atoms. The molecule has 0 saturated heterocycles. The maximum absolute atomic E-state index is 5.52. The van der Waals surface area contributed by atoms with Gasteiger partial charge in [0.1, 0.15) is 5.58 Å². The zero-order valence-corrected chi connectivity index (χ0v) is 11.1. The summed E-state index contributed by atoms with van der Waals surface area (Å²) in [6.45, 7) is 3.91. The molecular formula is C15H15NOS. The Morgan fingerprint density at radius 3 is 2.89 bits per heavy atom. The van der Waals surface area contributed by atoms with Crippen molar-refractivity contribution in [2.45, 2.75) is 20.0 Å². The minimum Gasteiger partial charge on any atom is -0.464 e. The monoisotopic (exact) mass is 257 g/mol. The molecule has 0 fully saturated rings. The molecule has 3 rings (SSSR count). The predicted molar refractivity (Wildman–Crippen MR) is 75.8 cm³/mol. The van der Waals surface area contributed by atoms with Crippen molar-refractivity contribution in [2.75, 3.05) is 0 Å². The third-order valence-corrected chi connectivity index (χ3v) is 4.15. The lowest BCUT2D eigenvalue weighted by molar-refractivity contribution is 0.602. The molecule has 2 nitrogen and oxygen atoms in total. The Kier molecular flexibility index (Phi) is 3.17. The number of fused-ring (bicyclic) bond motifs is 1. The van der Waals surface area contributed by atoms with Crippen LogP contribution < -0.4 is 5.32 Å². The van der Waals surface area contributed by atoms with Crippen LogP contribution in [-0.2, 0) is 13.1 Å². The molecule has 3 heteroatoms. The highest BCUT2D eigenvalue weighted by Crippen LogP contribution is 2.21. The van der Waals surface area contributed by atoms with Gasteiger partial charge < -0.3 is 9.73 Å². The number of rotatable bonds is 4. The molecule has 92 valence electrons. The third kappa shape index (κ3) is 2.19. The number of furan rings is 1. The number of hydrogen-bond donors (Lipinski definition) is 1. The molecule has 2 aromatic heterocycles. The molecule has 0 unspecified atom stereocenters. The molecule has 0 spiro atoms. The maximum atomic E-state index is 5.52. The average Bonchev–Trinajstić information content (AvgIpc) is 2.97. The van der Waals surface area contributed by atoms with E-state index in [1.54, 1.807) is 11.3 Å². The summed E-state index contributed by atoms with van der Waals surface area (Å²) in [6.07, 6.45) is 1.85. The Morgan fingerprint density at radius 2 is 2.06 bits per heavy atom. The van der Waals surface area contributed by atoms with Gasteiger partial charge in [-0.2, -0.15) is 0 Å². The summed E-state index contributed by atoms with van der Waals surface area (Å²) < 4.78 is 5.52. The van der Waals surface area contributed by atoms with Gasteiger partial charge in [0, 0.05) is 28.9 Å². The van der Waals surface area contributed by atoms with Crippen LogP contribution in [-0.4, -0.2) is 0 Å². The third-order valence-electron chi connectivity index (χ3n) is 3.13. The molecule has 0 bridgehead atoms. The van der Waals surface area contributed by atoms with Crippen LogP contribution in [0.2, 0.25) is 0 Å². The first-order chi connectivity index (χ1) is 8.84. The largest absolute Gasteiger partial charge is 0.464 e. The van der Waals surface area contributed by atoms with Crippen LogP contribution >= 0.6 is 11.3 Å². The summed E-state index contributed by atoms with van der Waals surface area (Å²) in [4.78, 5) is 1.41. The second kappa shape index (κ2) is 4.96. The zero-order valence-electron chi connectivity index (χ0n) is 10.3. The van der Waals surface area contributed by atoms with Gasteiger partial charge in [0.2, 0.25) is 0 Å². The molecule has 2 heterocycles. The minimum atomic E-state index is 0.842. The highest BCUT2D eigenvalue weighted by Gasteiger charge is 2.05. The highest BCUT2D eigenvalue weighted by atomic mass is 32.1. The lowest BCUT2D eigenvalue weighted by Crippen LogP contribution is -2.11. The van der Waals surface area contributed by atoms with Crippen molar-refractivity contribution >= 4 is 22.3 Å². The molecule has 0 saturated carbocycles. The Morgan fingerprint density at radius 1 is 1.17 bits per heavy atom. The molecule has 3 aromatic rings. The molecule has 1 aromatic carbocycles. The Labute approximate surface area is 110 Å². The fraction of sp³-hybridized carbons (Fsp3) is 0.200. The molecule has 0 aliphatic rings. The van der Waals surface area contributed by atoms with E-state index in [0.29, 0.717) is 0 Å². The van der Waals surface area contributed by atoms with Crippen molar-refractivity contribution in [2.24, 2.45) is 0 Å². The van der Waals surface area contributed by atoms with Crippen LogP contribution in [0, 0.1) is 6.92 Å². The smallest absolute Gasteiger partial charge is 0.134 e. The summed E-state index contributed by atoms with van der Waals surface area (Å²) in [5.41, 5.74) is 3.55. The fourth-order valence-electron chi connectivity index (χ4n) is 2.07. The van der Waals surface area contributed by atoms with Crippen molar-refractivity contribution in [3.63, 3.8) is 0 Å². The number of hydrogen-bond acceptors (Lipinski definition) is 3. The molecule has 0 aliphatic carbocycles. The van der Waals surface area contributed by atoms with E-state index in [0.717, 1.165) is 18.7 Å². The van der Waals surface area contributed by atoms with Crippen LogP contribution in [0.3, 0.4) is 0 Å². The van der Waals surface area contributed by atoms with E-state index in [1.807, 2.05) is 24.5 Å². The first-order valence-electron chi connectivity index (χ1n) is 6.03. The topological polar surface area (TPSA) is 25.2 Å². The molecule has 1 N–H and O–H groups in total. The quantitative estimate of drug-likeness (QED) is 0.761. The van der Waals surface area contributed by atoms with E-state index >= 15 is 0 Å². The molecule has 0 radical (unpaired) electrons. The van der Waals surface area contributed by atoms with Gasteiger partial charge in [0.15, 0.2) is 0 Å². The van der Waals surface area contributed by atoms with Gasteiger partial charge in [-0.1, -0.05) is 18.2 Å². The van der Waals surface area contributed by atoms with Gasteiger partial charge in [-0.25, -0.2) is 0 Å². The van der Waals surface area contributed by atoms with Crippen LogP contribution in [0.1, 0.15) is 16.0 Å². The first-order valence-corrected chi connectivity index (χ1v) is 6.91. The number of benzene rings is 1. The number of para-hydroxylation sites is 1. The normalized spacial score (nSPS) is 11.2. The second-order valence-corrected chi connectivity index (χ2v) is 5.39. The molecular weight excluding hydrogens is 242 g/mol. The van der Waals surface area contributed by atoms with Gasteiger partial charge in [-0.3, -0.25) is 0 Å². The van der Waals surface area contributed by atoms with Crippen molar-refractivity contribution in [1.29, 1.82) is 0 Å². The summed E-state index contributed by atoms with van der Waals surface area (Å²) in [7, 11) is 0. The van der Waals surface area contributed by atoms with Gasteiger partial charge in [0.25, 0.3) is 0 Å². The van der Waals surface area contributed by atoms with Gasteiger partial charge in [-0.05, 0) is 30.0 Å². The number of thiophene rings is 1. The van der Waals surface area contributed by atoms with E-state index in [1.165, 1.54) is 21.4 Å². The van der Waals surface area contributed by atoms with Crippen molar-refractivity contribution in [3.05, 3.63) is 58.0 Å². The first kappa shape index (κ1) is 11.5. The molecule has 0 amide bonds. The lowest BCUT2D eigenvalue weighted by atomic mass is 10.2. The second-order valence-electron chi connectivity index (χ2n) is 4.39. The van der Waals surface area contributed by atoms with Crippen LogP contribution in [0.5, 0.6) is 0 Å². The van der Waals surface area contributed by atoms with Gasteiger partial charge in [-0.15, -0.1) is 11.3 Å². The summed E-state index contributed by atoms with van der Waals surface area (Å²) >= 11 is 1.80. The Bertz CT molecular complexity index is 653. The van der Waals surface area contributed by atoms with Gasteiger partial charge in [0.05, 0.1) is 6.26 Å². The number of nitrogens with one attached hydrogen (secondary N) is 1. The standard InChI is InChI=1S/C15H15NOS/c1-11-6-7-18-15(11)9-16-8-12-10-17-14-5-3-2-4-13(12)14/h2-7,10,16H,8-9H2,1H3. The maximum Gasteiger partial charge on any atom is 0.134 e. The van der Waals surface area contributed by atoms with E-state index in [2.05, 4.69) is 29.8 Å². The minimum absolute atomic E-state index is 0.842. The summed E-state index contributed by atoms with van der Waals surface area (Å²) in [6, 6.07) is 10.3. The number of aryl methyl sites for hydroxylation is 1. The van der Waals surface area contributed by atoms with E-state index in [4.69, 9.17) is 4.42 Å². The van der Waals surface area contributed by atoms with E-state index in [9.17, 15) is 0 Å². The van der Waals surface area contributed by atoms with Crippen molar-refractivity contribution < 1.29 is 4.42 Å². The van der Waals surface area contributed by atoms with E-state index < -0.39 is 0 Å². The van der Waals surface area contributed by atoms with Crippen molar-refractivity contribution in [3.8, 4) is 0 Å². The van der Waals surface area contributed by atoms with Gasteiger partial charge >= 0.3 is 0 Å². The lowest BCUT2D eigenvalue weighted by Gasteiger charge is -2.02. The van der Waals surface area contributed by atoms with Crippen LogP contribution in [0.15, 0.2) is 46.4 Å². The Balaban J connectivity index is 1.68.